The molecule has 0 bridgehead atoms. The molecule has 0 heterocycles. The average Bonchev–Trinajstić information content (AvgIpc) is 2.39. The summed E-state index contributed by atoms with van der Waals surface area (Å²) in [6.07, 6.45) is 0.326. The number of carbonyl (C=O) groups excluding carboxylic acids is 2. The summed E-state index contributed by atoms with van der Waals surface area (Å²) in [4.78, 5) is 22.9. The van der Waals surface area contributed by atoms with Crippen molar-refractivity contribution < 1.29 is 19.1 Å². The molecule has 5 nitrogen and oxygen atoms in total. The highest BCUT2D eigenvalue weighted by atomic mass is 16.6. The maximum atomic E-state index is 11.7. The van der Waals surface area contributed by atoms with Crippen LogP contribution in [0.5, 0.6) is 11.5 Å². The summed E-state index contributed by atoms with van der Waals surface area (Å²) < 4.78 is 10.2. The standard InChI is InChI=1S/C13H17NO4/c1-4-12(15)14-9(2)13(16)18-11-8-6-5-7-10(11)17-3/h5-9H,4H2,1-3H3,(H,14,15). The number of amides is 1. The quantitative estimate of drug-likeness (QED) is 0.636. The molecule has 0 saturated carbocycles. The van der Waals surface area contributed by atoms with Crippen LogP contribution in [0.15, 0.2) is 24.3 Å². The van der Waals surface area contributed by atoms with E-state index in [1.54, 1.807) is 38.1 Å². The van der Waals surface area contributed by atoms with Crippen molar-refractivity contribution >= 4 is 11.9 Å². The van der Waals surface area contributed by atoms with Crippen LogP contribution in [0.4, 0.5) is 0 Å². The molecule has 1 unspecified atom stereocenters. The molecule has 0 saturated heterocycles. The Labute approximate surface area is 106 Å². The van der Waals surface area contributed by atoms with Gasteiger partial charge in [-0.2, -0.15) is 0 Å². The number of nitrogens with one attached hydrogen (secondary N) is 1. The lowest BCUT2D eigenvalue weighted by atomic mass is 10.3. The van der Waals surface area contributed by atoms with Crippen molar-refractivity contribution in [2.75, 3.05) is 7.11 Å². The first kappa shape index (κ1) is 14.0. The predicted molar refractivity (Wildman–Crippen MR) is 66.5 cm³/mol. The Bertz CT molecular complexity index is 431. The third-order valence-electron chi connectivity index (χ3n) is 2.33. The molecule has 1 N–H and O–H groups in total. The van der Waals surface area contributed by atoms with E-state index >= 15 is 0 Å². The third kappa shape index (κ3) is 3.76. The largest absolute Gasteiger partial charge is 0.493 e. The molecular weight excluding hydrogens is 234 g/mol. The molecule has 18 heavy (non-hydrogen) atoms. The Morgan fingerprint density at radius 3 is 2.44 bits per heavy atom. The van der Waals surface area contributed by atoms with Crippen LogP contribution in [0.25, 0.3) is 0 Å². The van der Waals surface area contributed by atoms with E-state index in [0.717, 1.165) is 0 Å². The number of hydrogen-bond donors (Lipinski definition) is 1. The number of hydrogen-bond acceptors (Lipinski definition) is 4. The van der Waals surface area contributed by atoms with Gasteiger partial charge in [-0.25, -0.2) is 4.79 Å². The monoisotopic (exact) mass is 251 g/mol. The van der Waals surface area contributed by atoms with Crippen molar-refractivity contribution in [3.8, 4) is 11.5 Å². The minimum Gasteiger partial charge on any atom is -0.493 e. The summed E-state index contributed by atoms with van der Waals surface area (Å²) in [7, 11) is 1.49. The number of para-hydroxylation sites is 2. The number of methoxy groups -OCH3 is 1. The summed E-state index contributed by atoms with van der Waals surface area (Å²) in [5.74, 6) is 0.0863. The van der Waals surface area contributed by atoms with Crippen LogP contribution in [0.3, 0.4) is 0 Å². The molecule has 0 aromatic heterocycles. The van der Waals surface area contributed by atoms with Gasteiger partial charge in [-0.05, 0) is 19.1 Å². The van der Waals surface area contributed by atoms with Gasteiger partial charge in [0.1, 0.15) is 6.04 Å². The molecule has 1 amide bonds. The lowest BCUT2D eigenvalue weighted by molar-refractivity contribution is -0.138. The van der Waals surface area contributed by atoms with E-state index in [9.17, 15) is 9.59 Å². The van der Waals surface area contributed by atoms with Crippen molar-refractivity contribution in [1.82, 2.24) is 5.32 Å². The second-order valence-corrected chi connectivity index (χ2v) is 3.71. The van der Waals surface area contributed by atoms with E-state index in [0.29, 0.717) is 17.9 Å². The second-order valence-electron chi connectivity index (χ2n) is 3.71. The van der Waals surface area contributed by atoms with Crippen LogP contribution < -0.4 is 14.8 Å². The number of esters is 1. The van der Waals surface area contributed by atoms with Gasteiger partial charge >= 0.3 is 5.97 Å². The highest BCUT2D eigenvalue weighted by Crippen LogP contribution is 2.25. The van der Waals surface area contributed by atoms with Crippen molar-refractivity contribution in [2.45, 2.75) is 26.3 Å². The van der Waals surface area contributed by atoms with E-state index in [4.69, 9.17) is 9.47 Å². The van der Waals surface area contributed by atoms with Gasteiger partial charge in [-0.15, -0.1) is 0 Å². The fourth-order valence-electron chi connectivity index (χ4n) is 1.30. The summed E-state index contributed by atoms with van der Waals surface area (Å²) in [5, 5.41) is 2.53. The first-order valence-electron chi connectivity index (χ1n) is 5.72. The van der Waals surface area contributed by atoms with Crippen molar-refractivity contribution in [3.05, 3.63) is 24.3 Å². The van der Waals surface area contributed by atoms with Gasteiger partial charge in [0.2, 0.25) is 5.91 Å². The number of benzene rings is 1. The molecule has 1 aromatic rings. The maximum absolute atomic E-state index is 11.7. The van der Waals surface area contributed by atoms with Crippen molar-refractivity contribution in [3.63, 3.8) is 0 Å². The predicted octanol–water partition coefficient (Wildman–Crippen LogP) is 1.52. The zero-order valence-electron chi connectivity index (χ0n) is 10.7. The topological polar surface area (TPSA) is 64.6 Å². The zero-order valence-corrected chi connectivity index (χ0v) is 10.7. The maximum Gasteiger partial charge on any atom is 0.333 e. The van der Waals surface area contributed by atoms with Gasteiger partial charge < -0.3 is 14.8 Å². The SMILES string of the molecule is CCC(=O)NC(C)C(=O)Oc1ccccc1OC. The third-order valence-corrected chi connectivity index (χ3v) is 2.33. The highest BCUT2D eigenvalue weighted by molar-refractivity contribution is 5.85. The molecule has 1 atom stereocenters. The van der Waals surface area contributed by atoms with E-state index in [-0.39, 0.29) is 5.91 Å². The summed E-state index contributed by atoms with van der Waals surface area (Å²) in [5.41, 5.74) is 0. The minimum atomic E-state index is -0.692. The van der Waals surface area contributed by atoms with Crippen LogP contribution >= 0.6 is 0 Å². The summed E-state index contributed by atoms with van der Waals surface area (Å²) >= 11 is 0. The molecule has 0 radical (unpaired) electrons. The summed E-state index contributed by atoms with van der Waals surface area (Å²) in [6, 6.07) is 6.14. The van der Waals surface area contributed by atoms with Gasteiger partial charge in [0.25, 0.3) is 0 Å². The first-order valence-corrected chi connectivity index (χ1v) is 5.72. The Kier molecular flexibility index (Phi) is 5.17. The van der Waals surface area contributed by atoms with E-state index < -0.39 is 12.0 Å². The van der Waals surface area contributed by atoms with Crippen LogP contribution in [0.1, 0.15) is 20.3 Å². The first-order chi connectivity index (χ1) is 8.58. The molecule has 0 aliphatic rings. The number of ether oxygens (including phenoxy) is 2. The smallest absolute Gasteiger partial charge is 0.333 e. The van der Waals surface area contributed by atoms with Crippen LogP contribution in [0, 0.1) is 0 Å². The molecule has 98 valence electrons. The number of rotatable bonds is 5. The molecule has 1 rings (SSSR count). The van der Waals surface area contributed by atoms with Crippen molar-refractivity contribution in [2.24, 2.45) is 0 Å². The van der Waals surface area contributed by atoms with Gasteiger partial charge in [0.15, 0.2) is 11.5 Å². The van der Waals surface area contributed by atoms with Gasteiger partial charge in [0.05, 0.1) is 7.11 Å². The van der Waals surface area contributed by atoms with Crippen LogP contribution in [-0.2, 0) is 9.59 Å². The lowest BCUT2D eigenvalue weighted by Crippen LogP contribution is -2.40. The molecule has 1 aromatic carbocycles. The van der Waals surface area contributed by atoms with Gasteiger partial charge in [0, 0.05) is 6.42 Å². The van der Waals surface area contributed by atoms with Gasteiger partial charge in [-0.1, -0.05) is 19.1 Å². The lowest BCUT2D eigenvalue weighted by Gasteiger charge is -2.14. The molecule has 5 heteroatoms. The zero-order chi connectivity index (χ0) is 13.5. The molecule has 0 fully saturated rings. The average molecular weight is 251 g/mol. The number of carbonyl (C=O) groups is 2. The highest BCUT2D eigenvalue weighted by Gasteiger charge is 2.18. The fourth-order valence-corrected chi connectivity index (χ4v) is 1.30. The fraction of sp³-hybridized carbons (Fsp3) is 0.385. The van der Waals surface area contributed by atoms with Crippen LogP contribution in [-0.4, -0.2) is 25.0 Å². The Morgan fingerprint density at radius 1 is 1.28 bits per heavy atom. The van der Waals surface area contributed by atoms with E-state index in [1.807, 2.05) is 0 Å². The molecular formula is C13H17NO4. The Balaban J connectivity index is 2.66. The van der Waals surface area contributed by atoms with Crippen molar-refractivity contribution in [1.29, 1.82) is 0 Å². The normalized spacial score (nSPS) is 11.5. The Hall–Kier alpha value is -2.04. The van der Waals surface area contributed by atoms with E-state index in [2.05, 4.69) is 5.32 Å². The minimum absolute atomic E-state index is 0.195. The second kappa shape index (κ2) is 6.64. The van der Waals surface area contributed by atoms with E-state index in [1.165, 1.54) is 7.11 Å². The van der Waals surface area contributed by atoms with Gasteiger partial charge in [-0.3, -0.25) is 4.79 Å². The Morgan fingerprint density at radius 2 is 1.89 bits per heavy atom. The van der Waals surface area contributed by atoms with Crippen LogP contribution in [0.2, 0.25) is 0 Å². The molecule has 0 spiro atoms. The molecule has 0 aliphatic heterocycles. The summed E-state index contributed by atoms with van der Waals surface area (Å²) in [6.45, 7) is 3.29. The molecule has 0 aliphatic carbocycles.